The molecule has 0 aliphatic carbocycles. The zero-order valence-corrected chi connectivity index (χ0v) is 18.5. The van der Waals surface area contributed by atoms with Crippen LogP contribution in [0.15, 0.2) is 30.3 Å². The SMILES string of the molecule is Cc1cc(C)c(CC(=O)N(CCN(C)C)c2nc3c(C)cccc3s2)c(C)c1. The number of para-hydroxylation sites is 1. The summed E-state index contributed by atoms with van der Waals surface area (Å²) in [6, 6.07) is 10.5. The molecule has 3 rings (SSSR count). The first kappa shape index (κ1) is 20.5. The van der Waals surface area contributed by atoms with Crippen LogP contribution in [0.1, 0.15) is 27.8 Å². The van der Waals surface area contributed by atoms with Crippen LogP contribution in [-0.4, -0.2) is 43.0 Å². The third-order valence-corrected chi connectivity index (χ3v) is 6.12. The lowest BCUT2D eigenvalue weighted by atomic mass is 9.97. The number of thiazole rings is 1. The summed E-state index contributed by atoms with van der Waals surface area (Å²) in [6.45, 7) is 9.78. The number of aromatic nitrogens is 1. The molecule has 0 bridgehead atoms. The molecular weight excluding hydrogens is 366 g/mol. The highest BCUT2D eigenvalue weighted by Crippen LogP contribution is 2.31. The van der Waals surface area contributed by atoms with E-state index in [1.807, 2.05) is 25.1 Å². The van der Waals surface area contributed by atoms with Gasteiger partial charge in [0, 0.05) is 13.1 Å². The van der Waals surface area contributed by atoms with E-state index >= 15 is 0 Å². The summed E-state index contributed by atoms with van der Waals surface area (Å²) in [4.78, 5) is 22.1. The van der Waals surface area contributed by atoms with Crippen molar-refractivity contribution in [3.8, 4) is 0 Å². The summed E-state index contributed by atoms with van der Waals surface area (Å²) in [5, 5.41) is 0.790. The Morgan fingerprint density at radius 2 is 1.68 bits per heavy atom. The minimum absolute atomic E-state index is 0.105. The topological polar surface area (TPSA) is 36.4 Å². The van der Waals surface area contributed by atoms with Gasteiger partial charge in [-0.15, -0.1) is 0 Å². The molecule has 0 unspecified atom stereocenters. The van der Waals surface area contributed by atoms with Gasteiger partial charge in [-0.3, -0.25) is 9.69 Å². The predicted octanol–water partition coefficient (Wildman–Crippen LogP) is 4.67. The number of carbonyl (C=O) groups is 1. The van der Waals surface area contributed by atoms with Gasteiger partial charge in [-0.2, -0.15) is 0 Å². The van der Waals surface area contributed by atoms with Crippen molar-refractivity contribution in [3.05, 3.63) is 58.1 Å². The van der Waals surface area contributed by atoms with Crippen LogP contribution >= 0.6 is 11.3 Å². The maximum atomic E-state index is 13.4. The number of benzene rings is 2. The summed E-state index contributed by atoms with van der Waals surface area (Å²) in [5.41, 5.74) is 6.86. The van der Waals surface area contributed by atoms with E-state index in [9.17, 15) is 4.79 Å². The second-order valence-corrected chi connectivity index (χ2v) is 8.83. The Balaban J connectivity index is 1.95. The number of hydrogen-bond acceptors (Lipinski definition) is 4. The molecule has 3 aromatic rings. The summed E-state index contributed by atoms with van der Waals surface area (Å²) in [5.74, 6) is 0.105. The highest BCUT2D eigenvalue weighted by atomic mass is 32.1. The lowest BCUT2D eigenvalue weighted by Crippen LogP contribution is -2.37. The van der Waals surface area contributed by atoms with Gasteiger partial charge in [-0.05, 0) is 70.1 Å². The monoisotopic (exact) mass is 395 g/mol. The minimum Gasteiger partial charge on any atom is -0.308 e. The molecule has 1 aromatic heterocycles. The Bertz CT molecular complexity index is 983. The first-order valence-corrected chi connectivity index (χ1v) is 10.5. The molecule has 0 saturated carbocycles. The fraction of sp³-hybridized carbons (Fsp3) is 0.391. The molecule has 0 aliphatic rings. The first-order valence-electron chi connectivity index (χ1n) is 9.64. The Kier molecular flexibility index (Phi) is 6.16. The lowest BCUT2D eigenvalue weighted by Gasteiger charge is -2.23. The number of anilines is 1. The standard InChI is InChI=1S/C23H29N3OS/c1-15-12-17(3)19(18(4)13-15)14-21(27)26(11-10-25(5)6)23-24-22-16(2)8-7-9-20(22)28-23/h7-9,12-13H,10-11,14H2,1-6H3. The minimum atomic E-state index is 0.105. The molecular formula is C23H29N3OS. The fourth-order valence-corrected chi connectivity index (χ4v) is 4.64. The van der Waals surface area contributed by atoms with Gasteiger partial charge < -0.3 is 4.90 Å². The van der Waals surface area contributed by atoms with E-state index in [-0.39, 0.29) is 5.91 Å². The summed E-state index contributed by atoms with van der Waals surface area (Å²) >= 11 is 1.60. The van der Waals surface area contributed by atoms with Gasteiger partial charge >= 0.3 is 0 Å². The number of hydrogen-bond donors (Lipinski definition) is 0. The second-order valence-electron chi connectivity index (χ2n) is 7.82. The number of nitrogens with zero attached hydrogens (tertiary/aromatic N) is 3. The van der Waals surface area contributed by atoms with E-state index in [1.165, 1.54) is 16.7 Å². The molecule has 0 spiro atoms. The van der Waals surface area contributed by atoms with Crippen LogP contribution in [0.4, 0.5) is 5.13 Å². The molecule has 4 nitrogen and oxygen atoms in total. The van der Waals surface area contributed by atoms with Crippen LogP contribution < -0.4 is 4.90 Å². The van der Waals surface area contributed by atoms with Gasteiger partial charge in [-0.1, -0.05) is 41.2 Å². The van der Waals surface area contributed by atoms with Gasteiger partial charge in [0.25, 0.3) is 0 Å². The number of amides is 1. The van der Waals surface area contributed by atoms with Gasteiger partial charge in [0.1, 0.15) is 0 Å². The van der Waals surface area contributed by atoms with E-state index in [1.54, 1.807) is 11.3 Å². The smallest absolute Gasteiger partial charge is 0.233 e. The van der Waals surface area contributed by atoms with Crippen LogP contribution in [-0.2, 0) is 11.2 Å². The number of rotatable bonds is 6. The molecule has 0 radical (unpaired) electrons. The number of likely N-dealkylation sites (N-methyl/N-ethyl adjacent to an activating group) is 1. The Morgan fingerprint density at radius 3 is 2.29 bits per heavy atom. The van der Waals surface area contributed by atoms with Crippen LogP contribution in [0.25, 0.3) is 10.2 Å². The summed E-state index contributed by atoms with van der Waals surface area (Å²) < 4.78 is 1.13. The predicted molar refractivity (Wildman–Crippen MR) is 120 cm³/mol. The van der Waals surface area contributed by atoms with E-state index in [0.29, 0.717) is 13.0 Å². The van der Waals surface area contributed by atoms with Crippen LogP contribution in [0, 0.1) is 27.7 Å². The van der Waals surface area contributed by atoms with Gasteiger partial charge in [0.15, 0.2) is 5.13 Å². The molecule has 1 heterocycles. The Hall–Kier alpha value is -2.24. The van der Waals surface area contributed by atoms with Crippen molar-refractivity contribution >= 4 is 32.6 Å². The van der Waals surface area contributed by atoms with Gasteiger partial charge in [0.05, 0.1) is 16.6 Å². The largest absolute Gasteiger partial charge is 0.308 e. The number of carbonyl (C=O) groups excluding carboxylic acids is 1. The molecule has 0 fully saturated rings. The summed E-state index contributed by atoms with van der Waals surface area (Å²) in [7, 11) is 4.05. The quantitative estimate of drug-likeness (QED) is 0.609. The van der Waals surface area contributed by atoms with Crippen molar-refractivity contribution in [2.75, 3.05) is 32.1 Å². The maximum Gasteiger partial charge on any atom is 0.233 e. The average molecular weight is 396 g/mol. The van der Waals surface area contributed by atoms with Gasteiger partial charge in [-0.25, -0.2) is 4.98 Å². The van der Waals surface area contributed by atoms with E-state index in [0.717, 1.165) is 33.0 Å². The van der Waals surface area contributed by atoms with Crippen molar-refractivity contribution in [3.63, 3.8) is 0 Å². The summed E-state index contributed by atoms with van der Waals surface area (Å²) in [6.07, 6.45) is 0.403. The molecule has 0 atom stereocenters. The van der Waals surface area contributed by atoms with Crippen molar-refractivity contribution in [2.45, 2.75) is 34.1 Å². The van der Waals surface area contributed by atoms with Crippen molar-refractivity contribution < 1.29 is 4.79 Å². The molecule has 1 amide bonds. The van der Waals surface area contributed by atoms with Crippen molar-refractivity contribution in [1.29, 1.82) is 0 Å². The fourth-order valence-electron chi connectivity index (χ4n) is 3.55. The molecule has 148 valence electrons. The van der Waals surface area contributed by atoms with Crippen molar-refractivity contribution in [2.24, 2.45) is 0 Å². The normalized spacial score (nSPS) is 11.4. The van der Waals surface area contributed by atoms with E-state index in [2.05, 4.69) is 56.9 Å². The molecule has 5 heteroatoms. The van der Waals surface area contributed by atoms with Crippen LogP contribution in [0.2, 0.25) is 0 Å². The Labute approximate surface area is 171 Å². The van der Waals surface area contributed by atoms with E-state index < -0.39 is 0 Å². The molecule has 2 aromatic carbocycles. The third kappa shape index (κ3) is 4.42. The molecule has 0 aliphatic heterocycles. The molecule has 28 heavy (non-hydrogen) atoms. The maximum absolute atomic E-state index is 13.4. The van der Waals surface area contributed by atoms with Gasteiger partial charge in [0.2, 0.25) is 5.91 Å². The average Bonchev–Trinajstić information content (AvgIpc) is 3.03. The zero-order valence-electron chi connectivity index (χ0n) is 17.7. The van der Waals surface area contributed by atoms with Crippen LogP contribution in [0.3, 0.4) is 0 Å². The first-order chi connectivity index (χ1) is 13.3. The highest BCUT2D eigenvalue weighted by Gasteiger charge is 2.22. The second kappa shape index (κ2) is 8.41. The highest BCUT2D eigenvalue weighted by molar-refractivity contribution is 7.22. The zero-order chi connectivity index (χ0) is 20.4. The van der Waals surface area contributed by atoms with Crippen molar-refractivity contribution in [1.82, 2.24) is 9.88 Å². The lowest BCUT2D eigenvalue weighted by molar-refractivity contribution is -0.118. The number of fused-ring (bicyclic) bond motifs is 1. The van der Waals surface area contributed by atoms with E-state index in [4.69, 9.17) is 4.98 Å². The Morgan fingerprint density at radius 1 is 1.00 bits per heavy atom. The number of aryl methyl sites for hydroxylation is 4. The third-order valence-electron chi connectivity index (χ3n) is 5.08. The molecule has 0 saturated heterocycles. The molecule has 0 N–H and O–H groups in total. The van der Waals surface area contributed by atoms with Crippen LogP contribution in [0.5, 0.6) is 0 Å².